The maximum Gasteiger partial charge on any atom is 0.146 e. The molecule has 4 heteroatoms. The van der Waals surface area contributed by atoms with Crippen LogP contribution in [-0.4, -0.2) is 25.2 Å². The number of nitrogens with one attached hydrogen (secondary N) is 1. The molecule has 0 saturated carbocycles. The van der Waals surface area contributed by atoms with E-state index in [1.165, 1.54) is 6.07 Å². The number of hydrogen-bond donors (Lipinski definition) is 1. The Labute approximate surface area is 126 Å². The highest BCUT2D eigenvalue weighted by atomic mass is 35.5. The zero-order valence-electron chi connectivity index (χ0n) is 12.5. The lowest BCUT2D eigenvalue weighted by molar-refractivity contribution is 0.304. The first-order valence-corrected chi connectivity index (χ1v) is 7.89. The van der Waals surface area contributed by atoms with Crippen molar-refractivity contribution in [3.05, 3.63) is 29.0 Å². The Balaban J connectivity index is 2.26. The summed E-state index contributed by atoms with van der Waals surface area (Å²) in [5.41, 5.74) is 0.638. The van der Waals surface area contributed by atoms with Gasteiger partial charge in [0, 0.05) is 30.2 Å². The largest absolute Gasteiger partial charge is 0.363 e. The van der Waals surface area contributed by atoms with Crippen LogP contribution in [0.1, 0.15) is 33.6 Å². The molecule has 1 aliphatic rings. The van der Waals surface area contributed by atoms with Gasteiger partial charge in [-0.25, -0.2) is 4.39 Å². The molecule has 0 aliphatic carbocycles. The van der Waals surface area contributed by atoms with Gasteiger partial charge in [0.05, 0.1) is 5.69 Å². The predicted molar refractivity (Wildman–Crippen MR) is 84.1 cm³/mol. The van der Waals surface area contributed by atoms with E-state index in [1.807, 2.05) is 0 Å². The van der Waals surface area contributed by atoms with Gasteiger partial charge < -0.3 is 10.2 Å². The van der Waals surface area contributed by atoms with Crippen molar-refractivity contribution in [1.29, 1.82) is 0 Å². The molecule has 1 saturated heterocycles. The Morgan fingerprint density at radius 3 is 2.85 bits per heavy atom. The SMILES string of the molecule is CCC(C)C1CN(c2cc(Cl)ccc2F)C(CC)CN1. The maximum atomic E-state index is 14.2. The molecule has 3 unspecified atom stereocenters. The van der Waals surface area contributed by atoms with Gasteiger partial charge in [0.25, 0.3) is 0 Å². The van der Waals surface area contributed by atoms with Gasteiger partial charge in [0.15, 0.2) is 0 Å². The molecule has 0 aromatic heterocycles. The second kappa shape index (κ2) is 6.77. The number of rotatable bonds is 4. The topological polar surface area (TPSA) is 15.3 Å². The van der Waals surface area contributed by atoms with Crippen LogP contribution in [0.4, 0.5) is 10.1 Å². The van der Waals surface area contributed by atoms with Gasteiger partial charge in [-0.05, 0) is 30.5 Å². The Kier molecular flexibility index (Phi) is 5.28. The van der Waals surface area contributed by atoms with Crippen molar-refractivity contribution in [1.82, 2.24) is 5.32 Å². The molecular weight excluding hydrogens is 275 g/mol. The van der Waals surface area contributed by atoms with Crippen molar-refractivity contribution in [2.75, 3.05) is 18.0 Å². The fourth-order valence-corrected chi connectivity index (χ4v) is 3.02. The monoisotopic (exact) mass is 298 g/mol. The maximum absolute atomic E-state index is 14.2. The summed E-state index contributed by atoms with van der Waals surface area (Å²) in [6.07, 6.45) is 2.12. The second-order valence-corrected chi connectivity index (χ2v) is 6.15. The fraction of sp³-hybridized carbons (Fsp3) is 0.625. The van der Waals surface area contributed by atoms with E-state index in [9.17, 15) is 4.39 Å². The number of piperazine rings is 1. The second-order valence-electron chi connectivity index (χ2n) is 5.71. The molecule has 1 aromatic carbocycles. The van der Waals surface area contributed by atoms with Gasteiger partial charge in [-0.15, -0.1) is 0 Å². The number of nitrogens with zero attached hydrogens (tertiary/aromatic N) is 1. The molecule has 1 aliphatic heterocycles. The molecule has 1 fully saturated rings. The summed E-state index contributed by atoms with van der Waals surface area (Å²) in [7, 11) is 0. The van der Waals surface area contributed by atoms with Crippen LogP contribution in [0.5, 0.6) is 0 Å². The standard InChI is InChI=1S/C16H24ClFN2/c1-4-11(3)15-10-20(13(5-2)9-19-15)16-8-12(17)6-7-14(16)18/h6-8,11,13,15,19H,4-5,9-10H2,1-3H3. The van der Waals surface area contributed by atoms with E-state index in [0.717, 1.165) is 25.9 Å². The summed E-state index contributed by atoms with van der Waals surface area (Å²) in [6.45, 7) is 8.33. The van der Waals surface area contributed by atoms with Gasteiger partial charge in [-0.2, -0.15) is 0 Å². The lowest BCUT2D eigenvalue weighted by Gasteiger charge is -2.43. The van der Waals surface area contributed by atoms with Crippen LogP contribution < -0.4 is 10.2 Å². The smallest absolute Gasteiger partial charge is 0.146 e. The van der Waals surface area contributed by atoms with E-state index >= 15 is 0 Å². The average molecular weight is 299 g/mol. The fourth-order valence-electron chi connectivity index (χ4n) is 2.85. The highest BCUT2D eigenvalue weighted by Crippen LogP contribution is 2.29. The Hall–Kier alpha value is -0.800. The van der Waals surface area contributed by atoms with Crippen molar-refractivity contribution >= 4 is 17.3 Å². The predicted octanol–water partition coefficient (Wildman–Crippen LogP) is 4.08. The molecule has 0 amide bonds. The van der Waals surface area contributed by atoms with Crippen LogP contribution in [-0.2, 0) is 0 Å². The van der Waals surface area contributed by atoms with Crippen molar-refractivity contribution in [3.63, 3.8) is 0 Å². The van der Waals surface area contributed by atoms with Crippen LogP contribution >= 0.6 is 11.6 Å². The van der Waals surface area contributed by atoms with Crippen LogP contribution in [0, 0.1) is 11.7 Å². The molecular formula is C16H24ClFN2. The lowest BCUT2D eigenvalue weighted by atomic mass is 9.94. The zero-order valence-corrected chi connectivity index (χ0v) is 13.3. The minimum Gasteiger partial charge on any atom is -0.363 e. The summed E-state index contributed by atoms with van der Waals surface area (Å²) in [5.74, 6) is 0.398. The normalized spacial score (nSPS) is 24.8. The average Bonchev–Trinajstić information content (AvgIpc) is 2.48. The van der Waals surface area contributed by atoms with E-state index in [-0.39, 0.29) is 5.82 Å². The molecule has 112 valence electrons. The molecule has 1 N–H and O–H groups in total. The van der Waals surface area contributed by atoms with Gasteiger partial charge in [-0.3, -0.25) is 0 Å². The van der Waals surface area contributed by atoms with Crippen LogP contribution in [0.3, 0.4) is 0 Å². The van der Waals surface area contributed by atoms with Gasteiger partial charge in [0.1, 0.15) is 5.82 Å². The molecule has 3 atom stereocenters. The summed E-state index contributed by atoms with van der Waals surface area (Å²) < 4.78 is 14.2. The highest BCUT2D eigenvalue weighted by molar-refractivity contribution is 6.30. The minimum absolute atomic E-state index is 0.183. The Morgan fingerprint density at radius 2 is 2.20 bits per heavy atom. The Bertz CT molecular complexity index is 452. The number of benzene rings is 1. The molecule has 2 rings (SSSR count). The first-order chi connectivity index (χ1) is 9.56. The molecule has 1 aromatic rings. The number of hydrogen-bond acceptors (Lipinski definition) is 2. The van der Waals surface area contributed by atoms with Crippen LogP contribution in [0.15, 0.2) is 18.2 Å². The van der Waals surface area contributed by atoms with E-state index < -0.39 is 0 Å². The first-order valence-electron chi connectivity index (χ1n) is 7.51. The minimum atomic E-state index is -0.183. The van der Waals surface area contributed by atoms with Crippen LogP contribution in [0.2, 0.25) is 5.02 Å². The third kappa shape index (κ3) is 3.26. The third-order valence-electron chi connectivity index (χ3n) is 4.47. The van der Waals surface area contributed by atoms with Crippen molar-refractivity contribution < 1.29 is 4.39 Å². The Morgan fingerprint density at radius 1 is 1.45 bits per heavy atom. The molecule has 0 bridgehead atoms. The van der Waals surface area contributed by atoms with E-state index in [4.69, 9.17) is 11.6 Å². The number of halogens is 2. The summed E-state index contributed by atoms with van der Waals surface area (Å²) in [4.78, 5) is 2.19. The van der Waals surface area contributed by atoms with Gasteiger partial charge in [0.2, 0.25) is 0 Å². The van der Waals surface area contributed by atoms with Crippen LogP contribution in [0.25, 0.3) is 0 Å². The van der Waals surface area contributed by atoms with Crippen molar-refractivity contribution in [3.8, 4) is 0 Å². The van der Waals surface area contributed by atoms with Gasteiger partial charge in [-0.1, -0.05) is 38.8 Å². The van der Waals surface area contributed by atoms with Crippen molar-refractivity contribution in [2.24, 2.45) is 5.92 Å². The molecule has 0 spiro atoms. The molecule has 2 nitrogen and oxygen atoms in total. The van der Waals surface area contributed by atoms with E-state index in [0.29, 0.717) is 28.7 Å². The third-order valence-corrected chi connectivity index (χ3v) is 4.70. The molecule has 20 heavy (non-hydrogen) atoms. The first kappa shape index (κ1) is 15.6. The molecule has 1 heterocycles. The molecule has 0 radical (unpaired) electrons. The highest BCUT2D eigenvalue weighted by Gasteiger charge is 2.30. The van der Waals surface area contributed by atoms with E-state index in [1.54, 1.807) is 12.1 Å². The van der Waals surface area contributed by atoms with Gasteiger partial charge >= 0.3 is 0 Å². The van der Waals surface area contributed by atoms with E-state index in [2.05, 4.69) is 31.0 Å². The summed E-state index contributed by atoms with van der Waals surface area (Å²) >= 11 is 6.04. The number of anilines is 1. The quantitative estimate of drug-likeness (QED) is 0.901. The van der Waals surface area contributed by atoms with Crippen molar-refractivity contribution in [2.45, 2.75) is 45.7 Å². The lowest BCUT2D eigenvalue weighted by Crippen LogP contribution is -2.58. The summed E-state index contributed by atoms with van der Waals surface area (Å²) in [5, 5.41) is 4.20. The zero-order chi connectivity index (χ0) is 14.7. The summed E-state index contributed by atoms with van der Waals surface area (Å²) in [6, 6.07) is 5.54.